The number of thioether (sulfide) groups is 1. The van der Waals surface area contributed by atoms with Gasteiger partial charge in [0.25, 0.3) is 0 Å². The summed E-state index contributed by atoms with van der Waals surface area (Å²) in [5.41, 5.74) is -0.209. The van der Waals surface area contributed by atoms with Crippen molar-refractivity contribution in [1.29, 1.82) is 0 Å². The van der Waals surface area contributed by atoms with Crippen molar-refractivity contribution in [3.8, 4) is 5.75 Å². The molecule has 7 heteroatoms. The van der Waals surface area contributed by atoms with Gasteiger partial charge in [-0.25, -0.2) is 0 Å². The van der Waals surface area contributed by atoms with Crippen LogP contribution in [0, 0.1) is 5.92 Å². The molecular formula is C23H32N2O4S. The van der Waals surface area contributed by atoms with Crippen LogP contribution in [0.5, 0.6) is 5.75 Å². The summed E-state index contributed by atoms with van der Waals surface area (Å²) in [6, 6.07) is 7.81. The number of methoxy groups -OCH3 is 1. The number of rotatable bonds is 9. The quantitative estimate of drug-likeness (QED) is 0.582. The molecule has 2 fully saturated rings. The molecule has 1 aromatic carbocycles. The molecule has 1 aromatic rings. The van der Waals surface area contributed by atoms with Crippen molar-refractivity contribution in [2.24, 2.45) is 10.9 Å². The SMILES string of the molecule is C=CCC(O)(CC=C)[C@H]1O[C@@H]2SC(=NC)N[C@@H]2[C@@H](OCc2ccc(OC)cc2)[C@@H]1C. The minimum atomic E-state index is -1.08. The fourth-order valence-electron chi connectivity index (χ4n) is 4.26. The van der Waals surface area contributed by atoms with Gasteiger partial charge in [-0.3, -0.25) is 4.99 Å². The third kappa shape index (κ3) is 4.75. The number of nitrogens with one attached hydrogen (secondary N) is 1. The molecule has 2 saturated heterocycles. The molecule has 0 aliphatic carbocycles. The summed E-state index contributed by atoms with van der Waals surface area (Å²) in [7, 11) is 3.41. The maximum absolute atomic E-state index is 11.4. The van der Waals surface area contributed by atoms with E-state index in [1.54, 1.807) is 38.1 Å². The number of fused-ring (bicyclic) bond motifs is 1. The summed E-state index contributed by atoms with van der Waals surface area (Å²) in [5, 5.41) is 15.7. The first-order valence-electron chi connectivity index (χ1n) is 10.2. The molecule has 2 aliphatic rings. The Morgan fingerprint density at radius 3 is 2.50 bits per heavy atom. The van der Waals surface area contributed by atoms with Crippen LogP contribution in [0.25, 0.3) is 0 Å². The van der Waals surface area contributed by atoms with E-state index in [0.29, 0.717) is 19.4 Å². The highest BCUT2D eigenvalue weighted by molar-refractivity contribution is 8.14. The van der Waals surface area contributed by atoms with Gasteiger partial charge in [-0.2, -0.15) is 0 Å². The maximum Gasteiger partial charge on any atom is 0.159 e. The first-order valence-corrected chi connectivity index (χ1v) is 11.1. The Bertz CT molecular complexity index is 757. The molecular weight excluding hydrogens is 400 g/mol. The highest BCUT2D eigenvalue weighted by atomic mass is 32.2. The molecule has 2 aliphatic heterocycles. The van der Waals surface area contributed by atoms with Gasteiger partial charge in [-0.1, -0.05) is 43.0 Å². The monoisotopic (exact) mass is 432 g/mol. The van der Waals surface area contributed by atoms with E-state index in [1.165, 1.54) is 0 Å². The normalized spacial score (nSPS) is 29.9. The average molecular weight is 433 g/mol. The molecule has 0 unspecified atom stereocenters. The predicted molar refractivity (Wildman–Crippen MR) is 122 cm³/mol. The standard InChI is InChI=1S/C23H32N2O4S/c1-6-12-23(26,13-7-2)20-15(3)19(18-21(29-20)30-22(24-4)25-18)28-14-16-8-10-17(27-5)11-9-16/h6-11,15,18-21,26H,1-2,12-14H2,3-5H3,(H,24,25)/t15-,18+,19-,20-,21+/m0/s1. The third-order valence-corrected chi connectivity index (χ3v) is 6.93. The lowest BCUT2D eigenvalue weighted by Gasteiger charge is -2.48. The summed E-state index contributed by atoms with van der Waals surface area (Å²) in [5.74, 6) is 0.758. The molecule has 164 valence electrons. The molecule has 0 bridgehead atoms. The van der Waals surface area contributed by atoms with Gasteiger partial charge in [0, 0.05) is 13.0 Å². The van der Waals surface area contributed by atoms with Gasteiger partial charge in [0.05, 0.1) is 37.6 Å². The van der Waals surface area contributed by atoms with Gasteiger partial charge >= 0.3 is 0 Å². The molecule has 30 heavy (non-hydrogen) atoms. The van der Waals surface area contributed by atoms with Gasteiger partial charge in [-0.15, -0.1) is 13.2 Å². The Morgan fingerprint density at radius 1 is 1.27 bits per heavy atom. The van der Waals surface area contributed by atoms with Crippen molar-refractivity contribution >= 4 is 16.9 Å². The highest BCUT2D eigenvalue weighted by Gasteiger charge is 2.54. The van der Waals surface area contributed by atoms with Crippen LogP contribution >= 0.6 is 11.8 Å². The van der Waals surface area contributed by atoms with Gasteiger partial charge in [0.15, 0.2) is 5.17 Å². The molecule has 2 heterocycles. The van der Waals surface area contributed by atoms with Crippen molar-refractivity contribution in [1.82, 2.24) is 5.32 Å². The van der Waals surface area contributed by atoms with Crippen LogP contribution < -0.4 is 10.1 Å². The zero-order chi connectivity index (χ0) is 21.7. The summed E-state index contributed by atoms with van der Waals surface area (Å²) in [6.07, 6.45) is 3.73. The van der Waals surface area contributed by atoms with Gasteiger partial charge in [-0.05, 0) is 30.5 Å². The average Bonchev–Trinajstić information content (AvgIpc) is 3.16. The van der Waals surface area contributed by atoms with Crippen LogP contribution in [-0.4, -0.2) is 53.7 Å². The Labute approximate surface area is 183 Å². The van der Waals surface area contributed by atoms with E-state index in [-0.39, 0.29) is 23.5 Å². The minimum absolute atomic E-state index is 0.0464. The van der Waals surface area contributed by atoms with Crippen molar-refractivity contribution in [2.45, 2.75) is 55.7 Å². The molecule has 0 aromatic heterocycles. The smallest absolute Gasteiger partial charge is 0.159 e. The Hall–Kier alpha value is -1.80. The first kappa shape index (κ1) is 22.9. The van der Waals surface area contributed by atoms with Gasteiger partial charge < -0.3 is 24.6 Å². The van der Waals surface area contributed by atoms with Gasteiger partial charge in [0.1, 0.15) is 11.2 Å². The minimum Gasteiger partial charge on any atom is -0.497 e. The van der Waals surface area contributed by atoms with Crippen molar-refractivity contribution in [3.63, 3.8) is 0 Å². The summed E-state index contributed by atoms with van der Waals surface area (Å²) in [6.45, 7) is 10.2. The van der Waals surface area contributed by atoms with Crippen molar-refractivity contribution in [2.75, 3.05) is 14.2 Å². The number of aliphatic imine (C=N–C) groups is 1. The lowest BCUT2D eigenvalue weighted by molar-refractivity contribution is -0.203. The number of ether oxygens (including phenoxy) is 3. The van der Waals surface area contributed by atoms with Crippen LogP contribution in [0.2, 0.25) is 0 Å². The Balaban J connectivity index is 1.83. The zero-order valence-electron chi connectivity index (χ0n) is 17.9. The summed E-state index contributed by atoms with van der Waals surface area (Å²) in [4.78, 5) is 4.29. The number of amidine groups is 1. The number of aliphatic hydroxyl groups is 1. The topological polar surface area (TPSA) is 72.3 Å². The number of nitrogens with zero attached hydrogens (tertiary/aromatic N) is 1. The van der Waals surface area contributed by atoms with Crippen LogP contribution in [-0.2, 0) is 16.1 Å². The maximum atomic E-state index is 11.4. The van der Waals surface area contributed by atoms with E-state index in [9.17, 15) is 5.11 Å². The lowest BCUT2D eigenvalue weighted by Crippen LogP contribution is -2.62. The molecule has 0 spiro atoms. The highest BCUT2D eigenvalue weighted by Crippen LogP contribution is 2.43. The molecule has 6 nitrogen and oxygen atoms in total. The number of hydrogen-bond donors (Lipinski definition) is 2. The van der Waals surface area contributed by atoms with E-state index in [0.717, 1.165) is 16.5 Å². The van der Waals surface area contributed by atoms with Crippen LogP contribution in [0.15, 0.2) is 54.6 Å². The lowest BCUT2D eigenvalue weighted by atomic mass is 9.77. The van der Waals surface area contributed by atoms with E-state index >= 15 is 0 Å². The largest absolute Gasteiger partial charge is 0.497 e. The second-order valence-corrected chi connectivity index (χ2v) is 8.90. The first-order chi connectivity index (χ1) is 14.5. The van der Waals surface area contributed by atoms with Crippen LogP contribution in [0.4, 0.5) is 0 Å². The second-order valence-electron chi connectivity index (χ2n) is 7.81. The van der Waals surface area contributed by atoms with Crippen LogP contribution in [0.1, 0.15) is 25.3 Å². The second kappa shape index (κ2) is 10.0. The molecule has 0 saturated carbocycles. The molecule has 2 N–H and O–H groups in total. The van der Waals surface area contributed by atoms with E-state index in [1.807, 2.05) is 24.3 Å². The predicted octanol–water partition coefficient (Wildman–Crippen LogP) is 3.52. The summed E-state index contributed by atoms with van der Waals surface area (Å²) < 4.78 is 18.1. The molecule has 0 radical (unpaired) electrons. The number of hydrogen-bond acceptors (Lipinski definition) is 6. The van der Waals surface area contributed by atoms with E-state index in [2.05, 4.69) is 30.4 Å². The van der Waals surface area contributed by atoms with E-state index < -0.39 is 11.7 Å². The van der Waals surface area contributed by atoms with Crippen molar-refractivity contribution < 1.29 is 19.3 Å². The van der Waals surface area contributed by atoms with Crippen LogP contribution in [0.3, 0.4) is 0 Å². The number of benzene rings is 1. The fourth-order valence-corrected chi connectivity index (χ4v) is 5.34. The Kier molecular flexibility index (Phi) is 7.63. The zero-order valence-corrected chi connectivity index (χ0v) is 18.7. The van der Waals surface area contributed by atoms with Crippen molar-refractivity contribution in [3.05, 3.63) is 55.1 Å². The fraction of sp³-hybridized carbons (Fsp3) is 0.522. The van der Waals surface area contributed by atoms with E-state index in [4.69, 9.17) is 14.2 Å². The third-order valence-electron chi connectivity index (χ3n) is 5.77. The molecule has 5 atom stereocenters. The summed E-state index contributed by atoms with van der Waals surface area (Å²) >= 11 is 1.54. The van der Waals surface area contributed by atoms with Gasteiger partial charge in [0.2, 0.25) is 0 Å². The molecule has 3 rings (SSSR count). The molecule has 0 amide bonds. The Morgan fingerprint density at radius 2 is 1.93 bits per heavy atom.